The number of hydrogen-bond acceptors (Lipinski definition) is 4. The number of carbonyl (C=O) groups is 2. The van der Waals surface area contributed by atoms with Crippen molar-refractivity contribution in [2.24, 2.45) is 0 Å². The van der Waals surface area contributed by atoms with E-state index in [0.29, 0.717) is 25.7 Å². The van der Waals surface area contributed by atoms with Gasteiger partial charge in [0.1, 0.15) is 0 Å². The van der Waals surface area contributed by atoms with E-state index in [1.807, 2.05) is 0 Å². The van der Waals surface area contributed by atoms with Gasteiger partial charge < -0.3 is 20.3 Å². The molecule has 7 heteroatoms. The maximum Gasteiger partial charge on any atom is 0.409 e. The van der Waals surface area contributed by atoms with Crippen LogP contribution in [0.15, 0.2) is 0 Å². The van der Waals surface area contributed by atoms with Gasteiger partial charge in [-0.15, -0.1) is 0 Å². The number of urea groups is 1. The molecule has 0 aromatic heterocycles. The summed E-state index contributed by atoms with van der Waals surface area (Å²) >= 11 is 0. The number of rotatable bonds is 4. The van der Waals surface area contributed by atoms with Gasteiger partial charge in [0.05, 0.1) is 7.11 Å². The number of ether oxygens (including phenoxy) is 1. The van der Waals surface area contributed by atoms with E-state index >= 15 is 0 Å². The number of carbonyl (C=O) groups excluding carboxylic acids is 2. The molecule has 2 unspecified atom stereocenters. The van der Waals surface area contributed by atoms with Crippen LogP contribution >= 0.6 is 0 Å². The first-order valence-corrected chi connectivity index (χ1v) is 8.71. The summed E-state index contributed by atoms with van der Waals surface area (Å²) in [6, 6.07) is 0.462. The highest BCUT2D eigenvalue weighted by Gasteiger charge is 2.25. The predicted octanol–water partition coefficient (Wildman–Crippen LogP) is 1.39. The molecule has 2 aliphatic heterocycles. The molecule has 0 aliphatic carbocycles. The highest BCUT2D eigenvalue weighted by molar-refractivity contribution is 5.74. The second kappa shape index (κ2) is 8.96. The Balaban J connectivity index is 1.65. The van der Waals surface area contributed by atoms with Crippen LogP contribution in [0.4, 0.5) is 9.59 Å². The molecule has 2 heterocycles. The standard InChI is InChI=1S/C16H30N4O3/c1-13-6-3-4-9-19(13)11-8-17-15(21)18-14-7-5-10-20(12-14)16(22)23-2/h13-14H,3-12H2,1-2H3,(H2,17,18,21). The van der Waals surface area contributed by atoms with Crippen molar-refractivity contribution in [1.29, 1.82) is 0 Å². The summed E-state index contributed by atoms with van der Waals surface area (Å²) in [5.41, 5.74) is 0. The lowest BCUT2D eigenvalue weighted by Crippen LogP contribution is -2.52. The molecule has 132 valence electrons. The molecule has 0 radical (unpaired) electrons. The maximum absolute atomic E-state index is 12.0. The number of likely N-dealkylation sites (tertiary alicyclic amines) is 2. The highest BCUT2D eigenvalue weighted by atomic mass is 16.5. The van der Waals surface area contributed by atoms with Gasteiger partial charge in [0.25, 0.3) is 0 Å². The molecular formula is C16H30N4O3. The lowest BCUT2D eigenvalue weighted by molar-refractivity contribution is 0.108. The maximum atomic E-state index is 12.0. The summed E-state index contributed by atoms with van der Waals surface area (Å²) in [4.78, 5) is 27.6. The normalized spacial score (nSPS) is 25.7. The zero-order valence-corrected chi connectivity index (χ0v) is 14.3. The van der Waals surface area contributed by atoms with Gasteiger partial charge in [-0.05, 0) is 39.2 Å². The molecule has 2 rings (SSSR count). The number of hydrogen-bond donors (Lipinski definition) is 2. The van der Waals surface area contributed by atoms with Crippen molar-refractivity contribution >= 4 is 12.1 Å². The van der Waals surface area contributed by atoms with Crippen molar-refractivity contribution in [3.63, 3.8) is 0 Å². The number of amides is 3. The van der Waals surface area contributed by atoms with E-state index in [1.54, 1.807) is 4.90 Å². The average molecular weight is 326 g/mol. The van der Waals surface area contributed by atoms with Crippen molar-refractivity contribution in [3.8, 4) is 0 Å². The Kier molecular flexibility index (Phi) is 6.95. The van der Waals surface area contributed by atoms with Crippen LogP contribution in [0.5, 0.6) is 0 Å². The Morgan fingerprint density at radius 1 is 1.17 bits per heavy atom. The van der Waals surface area contributed by atoms with Gasteiger partial charge in [-0.3, -0.25) is 4.90 Å². The molecule has 2 saturated heterocycles. The van der Waals surface area contributed by atoms with Gasteiger partial charge in [0, 0.05) is 38.3 Å². The minimum absolute atomic E-state index is 0.00300. The van der Waals surface area contributed by atoms with Crippen LogP contribution in [-0.4, -0.2) is 73.8 Å². The van der Waals surface area contributed by atoms with E-state index in [0.717, 1.165) is 25.9 Å². The summed E-state index contributed by atoms with van der Waals surface area (Å²) in [5, 5.41) is 5.89. The number of piperidine rings is 2. The Bertz CT molecular complexity index is 405. The Hall–Kier alpha value is -1.50. The molecule has 3 amide bonds. The first kappa shape index (κ1) is 17.8. The summed E-state index contributed by atoms with van der Waals surface area (Å²) in [6.07, 6.45) is 5.26. The van der Waals surface area contributed by atoms with Crippen molar-refractivity contribution in [2.75, 3.05) is 39.8 Å². The lowest BCUT2D eigenvalue weighted by atomic mass is 10.0. The molecule has 0 bridgehead atoms. The van der Waals surface area contributed by atoms with Gasteiger partial charge in [0.2, 0.25) is 0 Å². The van der Waals surface area contributed by atoms with Crippen molar-refractivity contribution in [1.82, 2.24) is 20.4 Å². The Morgan fingerprint density at radius 3 is 2.74 bits per heavy atom. The fraction of sp³-hybridized carbons (Fsp3) is 0.875. The third-order valence-electron chi connectivity index (χ3n) is 4.81. The minimum Gasteiger partial charge on any atom is -0.453 e. The summed E-state index contributed by atoms with van der Waals surface area (Å²) in [6.45, 7) is 6.14. The second-order valence-corrected chi connectivity index (χ2v) is 6.54. The monoisotopic (exact) mass is 326 g/mol. The third kappa shape index (κ3) is 5.57. The largest absolute Gasteiger partial charge is 0.453 e. The van der Waals surface area contributed by atoms with Crippen molar-refractivity contribution in [3.05, 3.63) is 0 Å². The van der Waals surface area contributed by atoms with E-state index in [9.17, 15) is 9.59 Å². The Labute approximate surface area is 138 Å². The van der Waals surface area contributed by atoms with Gasteiger partial charge in [-0.2, -0.15) is 0 Å². The number of methoxy groups -OCH3 is 1. The van der Waals surface area contributed by atoms with Crippen molar-refractivity contribution in [2.45, 2.75) is 51.1 Å². The van der Waals surface area contributed by atoms with E-state index < -0.39 is 0 Å². The average Bonchev–Trinajstić information content (AvgIpc) is 2.56. The topological polar surface area (TPSA) is 73.9 Å². The third-order valence-corrected chi connectivity index (χ3v) is 4.81. The minimum atomic E-state index is -0.323. The smallest absolute Gasteiger partial charge is 0.409 e. The highest BCUT2D eigenvalue weighted by Crippen LogP contribution is 2.15. The summed E-state index contributed by atoms with van der Waals surface area (Å²) in [5.74, 6) is 0. The van der Waals surface area contributed by atoms with E-state index in [4.69, 9.17) is 4.74 Å². The summed E-state index contributed by atoms with van der Waals surface area (Å²) in [7, 11) is 1.38. The van der Waals surface area contributed by atoms with E-state index in [1.165, 1.54) is 26.4 Å². The van der Waals surface area contributed by atoms with Gasteiger partial charge in [-0.1, -0.05) is 6.42 Å². The first-order valence-electron chi connectivity index (χ1n) is 8.71. The Morgan fingerprint density at radius 2 is 2.00 bits per heavy atom. The molecule has 0 aromatic rings. The predicted molar refractivity (Wildman–Crippen MR) is 88.4 cm³/mol. The molecule has 0 aromatic carbocycles. The fourth-order valence-electron chi connectivity index (χ4n) is 3.43. The molecular weight excluding hydrogens is 296 g/mol. The first-order chi connectivity index (χ1) is 11.1. The number of nitrogens with zero attached hydrogens (tertiary/aromatic N) is 2. The number of nitrogens with one attached hydrogen (secondary N) is 2. The fourth-order valence-corrected chi connectivity index (χ4v) is 3.43. The van der Waals surface area contributed by atoms with Crippen LogP contribution in [0, 0.1) is 0 Å². The molecule has 0 saturated carbocycles. The van der Waals surface area contributed by atoms with Crippen molar-refractivity contribution < 1.29 is 14.3 Å². The van der Waals surface area contributed by atoms with Crippen LogP contribution < -0.4 is 10.6 Å². The molecule has 0 spiro atoms. The summed E-state index contributed by atoms with van der Waals surface area (Å²) < 4.78 is 4.74. The van der Waals surface area contributed by atoms with E-state index in [2.05, 4.69) is 22.5 Å². The van der Waals surface area contributed by atoms with Crippen LogP contribution in [0.25, 0.3) is 0 Å². The molecule has 2 N–H and O–H groups in total. The molecule has 2 atom stereocenters. The molecule has 23 heavy (non-hydrogen) atoms. The molecule has 2 fully saturated rings. The van der Waals surface area contributed by atoms with Crippen LogP contribution in [0.2, 0.25) is 0 Å². The van der Waals surface area contributed by atoms with Crippen LogP contribution in [0.3, 0.4) is 0 Å². The van der Waals surface area contributed by atoms with E-state index in [-0.39, 0.29) is 18.2 Å². The van der Waals surface area contributed by atoms with Crippen LogP contribution in [0.1, 0.15) is 39.0 Å². The quantitative estimate of drug-likeness (QED) is 0.819. The van der Waals surface area contributed by atoms with Gasteiger partial charge >= 0.3 is 12.1 Å². The van der Waals surface area contributed by atoms with Crippen LogP contribution in [-0.2, 0) is 4.74 Å². The lowest BCUT2D eigenvalue weighted by Gasteiger charge is -2.33. The second-order valence-electron chi connectivity index (χ2n) is 6.54. The SMILES string of the molecule is COC(=O)N1CCCC(NC(=O)NCCN2CCCCC2C)C1. The zero-order chi connectivity index (χ0) is 16.7. The molecule has 2 aliphatic rings. The van der Waals surface area contributed by atoms with Gasteiger partial charge in [-0.25, -0.2) is 9.59 Å². The molecule has 7 nitrogen and oxygen atoms in total. The zero-order valence-electron chi connectivity index (χ0n) is 14.3. The van der Waals surface area contributed by atoms with Gasteiger partial charge in [0.15, 0.2) is 0 Å².